The van der Waals surface area contributed by atoms with E-state index < -0.39 is 0 Å². The largest absolute Gasteiger partial charge is 0.493 e. The molecular formula is C15H22ClNO. The van der Waals surface area contributed by atoms with Crippen LogP contribution in [0.25, 0.3) is 0 Å². The van der Waals surface area contributed by atoms with Crippen molar-refractivity contribution in [2.24, 2.45) is 0 Å². The molecule has 0 fully saturated rings. The molecule has 1 atom stereocenters. The maximum atomic E-state index is 5.66. The first kappa shape index (κ1) is 13.7. The molecule has 1 aliphatic carbocycles. The van der Waals surface area contributed by atoms with Crippen molar-refractivity contribution in [3.8, 4) is 5.75 Å². The number of aryl methyl sites for hydroxylation is 1. The van der Waals surface area contributed by atoms with E-state index in [-0.39, 0.29) is 12.4 Å². The first-order valence-corrected chi connectivity index (χ1v) is 6.87. The Kier molecular flexibility index (Phi) is 4.52. The van der Waals surface area contributed by atoms with E-state index in [4.69, 9.17) is 4.74 Å². The SMILES string of the molecule is CCCNC1CCc2cc3c(cc2C1)OCC3.Cl. The van der Waals surface area contributed by atoms with E-state index in [2.05, 4.69) is 24.4 Å². The van der Waals surface area contributed by atoms with Crippen LogP contribution in [-0.2, 0) is 19.3 Å². The molecule has 0 saturated carbocycles. The zero-order chi connectivity index (χ0) is 11.7. The van der Waals surface area contributed by atoms with Crippen LogP contribution in [0.1, 0.15) is 36.5 Å². The number of halogens is 1. The molecule has 0 aromatic heterocycles. The highest BCUT2D eigenvalue weighted by Gasteiger charge is 2.22. The van der Waals surface area contributed by atoms with Gasteiger partial charge in [0.15, 0.2) is 0 Å². The average molecular weight is 268 g/mol. The van der Waals surface area contributed by atoms with Crippen LogP contribution in [0.4, 0.5) is 0 Å². The van der Waals surface area contributed by atoms with Gasteiger partial charge in [-0.1, -0.05) is 13.0 Å². The lowest BCUT2D eigenvalue weighted by molar-refractivity contribution is 0.356. The third kappa shape index (κ3) is 2.65. The third-order valence-corrected chi connectivity index (χ3v) is 3.92. The van der Waals surface area contributed by atoms with Crippen molar-refractivity contribution in [3.63, 3.8) is 0 Å². The quantitative estimate of drug-likeness (QED) is 0.909. The summed E-state index contributed by atoms with van der Waals surface area (Å²) in [6.45, 7) is 4.24. The molecule has 1 unspecified atom stereocenters. The Labute approximate surface area is 116 Å². The smallest absolute Gasteiger partial charge is 0.122 e. The number of hydrogen-bond donors (Lipinski definition) is 1. The van der Waals surface area contributed by atoms with Crippen LogP contribution in [0.3, 0.4) is 0 Å². The molecule has 0 bridgehead atoms. The molecule has 2 aliphatic rings. The fourth-order valence-corrected chi connectivity index (χ4v) is 2.96. The Bertz CT molecular complexity index is 419. The van der Waals surface area contributed by atoms with Crippen molar-refractivity contribution < 1.29 is 4.74 Å². The maximum absolute atomic E-state index is 5.66. The second kappa shape index (κ2) is 5.94. The summed E-state index contributed by atoms with van der Waals surface area (Å²) in [4.78, 5) is 0. The van der Waals surface area contributed by atoms with Gasteiger partial charge < -0.3 is 10.1 Å². The van der Waals surface area contributed by atoms with E-state index in [1.54, 1.807) is 5.56 Å². The Hall–Kier alpha value is -0.730. The molecule has 0 amide bonds. The molecule has 3 heteroatoms. The predicted octanol–water partition coefficient (Wildman–Crippen LogP) is 2.90. The van der Waals surface area contributed by atoms with Crippen LogP contribution >= 0.6 is 12.4 Å². The Morgan fingerprint density at radius 3 is 2.94 bits per heavy atom. The number of nitrogens with one attached hydrogen (secondary N) is 1. The van der Waals surface area contributed by atoms with Gasteiger partial charge in [0, 0.05) is 12.5 Å². The van der Waals surface area contributed by atoms with Gasteiger partial charge in [-0.15, -0.1) is 12.4 Å². The number of fused-ring (bicyclic) bond motifs is 2. The lowest BCUT2D eigenvalue weighted by atomic mass is 9.86. The van der Waals surface area contributed by atoms with Crippen molar-refractivity contribution in [3.05, 3.63) is 28.8 Å². The van der Waals surface area contributed by atoms with Gasteiger partial charge >= 0.3 is 0 Å². The highest BCUT2D eigenvalue weighted by atomic mass is 35.5. The molecular weight excluding hydrogens is 246 g/mol. The Morgan fingerprint density at radius 2 is 2.11 bits per heavy atom. The first-order valence-electron chi connectivity index (χ1n) is 6.87. The van der Waals surface area contributed by atoms with Gasteiger partial charge in [-0.2, -0.15) is 0 Å². The van der Waals surface area contributed by atoms with Crippen molar-refractivity contribution in [2.75, 3.05) is 13.2 Å². The normalized spacial score (nSPS) is 20.6. The molecule has 1 aromatic carbocycles. The maximum Gasteiger partial charge on any atom is 0.122 e. The van der Waals surface area contributed by atoms with Gasteiger partial charge in [0.05, 0.1) is 6.61 Å². The summed E-state index contributed by atoms with van der Waals surface area (Å²) < 4.78 is 5.66. The van der Waals surface area contributed by atoms with Crippen LogP contribution in [0.5, 0.6) is 5.75 Å². The van der Waals surface area contributed by atoms with Crippen LogP contribution in [-0.4, -0.2) is 19.2 Å². The third-order valence-electron chi connectivity index (χ3n) is 3.92. The van der Waals surface area contributed by atoms with Crippen molar-refractivity contribution in [2.45, 2.75) is 45.1 Å². The van der Waals surface area contributed by atoms with Gasteiger partial charge in [0.2, 0.25) is 0 Å². The van der Waals surface area contributed by atoms with Crippen LogP contribution in [0.2, 0.25) is 0 Å². The van der Waals surface area contributed by atoms with Gasteiger partial charge in [-0.3, -0.25) is 0 Å². The molecule has 3 rings (SSSR count). The standard InChI is InChI=1S/C15H21NO.ClH/c1-2-6-16-14-4-3-11-8-12-5-7-17-15(12)10-13(11)9-14;/h8,10,14,16H,2-7,9H2,1H3;1H. The van der Waals surface area contributed by atoms with Crippen molar-refractivity contribution >= 4 is 12.4 Å². The van der Waals surface area contributed by atoms with Crippen LogP contribution < -0.4 is 10.1 Å². The number of benzene rings is 1. The Morgan fingerprint density at radius 1 is 1.22 bits per heavy atom. The first-order chi connectivity index (χ1) is 8.36. The summed E-state index contributed by atoms with van der Waals surface area (Å²) in [7, 11) is 0. The molecule has 0 spiro atoms. The molecule has 2 nitrogen and oxygen atoms in total. The van der Waals surface area contributed by atoms with E-state index >= 15 is 0 Å². The zero-order valence-electron chi connectivity index (χ0n) is 11.0. The second-order valence-electron chi connectivity index (χ2n) is 5.22. The van der Waals surface area contributed by atoms with E-state index in [0.717, 1.165) is 25.3 Å². The molecule has 100 valence electrons. The van der Waals surface area contributed by atoms with Gasteiger partial charge in [-0.25, -0.2) is 0 Å². The average Bonchev–Trinajstić information content (AvgIpc) is 2.80. The van der Waals surface area contributed by atoms with Gasteiger partial charge in [0.25, 0.3) is 0 Å². The number of rotatable bonds is 3. The molecule has 1 heterocycles. The molecule has 0 saturated heterocycles. The van der Waals surface area contributed by atoms with Gasteiger partial charge in [-0.05, 0) is 55.0 Å². The molecule has 18 heavy (non-hydrogen) atoms. The van der Waals surface area contributed by atoms with Crippen molar-refractivity contribution in [1.29, 1.82) is 0 Å². The predicted molar refractivity (Wildman–Crippen MR) is 77.0 cm³/mol. The summed E-state index contributed by atoms with van der Waals surface area (Å²) in [5.41, 5.74) is 4.48. The minimum atomic E-state index is 0. The lowest BCUT2D eigenvalue weighted by Crippen LogP contribution is -2.34. The summed E-state index contributed by atoms with van der Waals surface area (Å²) in [5.74, 6) is 1.14. The van der Waals surface area contributed by atoms with E-state index in [9.17, 15) is 0 Å². The van der Waals surface area contributed by atoms with Crippen LogP contribution in [0.15, 0.2) is 12.1 Å². The summed E-state index contributed by atoms with van der Waals surface area (Å²) in [6.07, 6.45) is 6.00. The monoisotopic (exact) mass is 267 g/mol. The number of hydrogen-bond acceptors (Lipinski definition) is 2. The lowest BCUT2D eigenvalue weighted by Gasteiger charge is -2.26. The fourth-order valence-electron chi connectivity index (χ4n) is 2.96. The molecule has 1 N–H and O–H groups in total. The zero-order valence-corrected chi connectivity index (χ0v) is 11.8. The van der Waals surface area contributed by atoms with Crippen LogP contribution in [0, 0.1) is 0 Å². The highest BCUT2D eigenvalue weighted by molar-refractivity contribution is 5.85. The molecule has 0 radical (unpaired) electrons. The van der Waals surface area contributed by atoms with E-state index in [1.807, 2.05) is 0 Å². The molecule has 1 aliphatic heterocycles. The summed E-state index contributed by atoms with van der Waals surface area (Å²) >= 11 is 0. The fraction of sp³-hybridized carbons (Fsp3) is 0.600. The summed E-state index contributed by atoms with van der Waals surface area (Å²) in [5, 5.41) is 3.64. The molecule has 1 aromatic rings. The number of ether oxygens (including phenoxy) is 1. The summed E-state index contributed by atoms with van der Waals surface area (Å²) in [6, 6.07) is 5.34. The highest BCUT2D eigenvalue weighted by Crippen LogP contribution is 2.32. The van der Waals surface area contributed by atoms with Crippen molar-refractivity contribution in [1.82, 2.24) is 5.32 Å². The minimum absolute atomic E-state index is 0. The van der Waals surface area contributed by atoms with E-state index in [0.29, 0.717) is 6.04 Å². The van der Waals surface area contributed by atoms with Gasteiger partial charge in [0.1, 0.15) is 5.75 Å². The Balaban J connectivity index is 0.00000120. The topological polar surface area (TPSA) is 21.3 Å². The minimum Gasteiger partial charge on any atom is -0.493 e. The van der Waals surface area contributed by atoms with E-state index in [1.165, 1.54) is 36.8 Å². The second-order valence-corrected chi connectivity index (χ2v) is 5.22.